The van der Waals surface area contributed by atoms with E-state index in [1.807, 2.05) is 0 Å². The molecule has 0 bridgehead atoms. The van der Waals surface area contributed by atoms with E-state index in [2.05, 4.69) is 40.0 Å². The van der Waals surface area contributed by atoms with Gasteiger partial charge in [0.2, 0.25) is 0 Å². The lowest BCUT2D eigenvalue weighted by Crippen LogP contribution is -2.24. The summed E-state index contributed by atoms with van der Waals surface area (Å²) in [5.41, 5.74) is 2.87. The van der Waals surface area contributed by atoms with Crippen LogP contribution in [0.5, 0.6) is 5.75 Å². The first-order valence-electron chi connectivity index (χ1n) is 4.37. The van der Waals surface area contributed by atoms with Gasteiger partial charge in [-0.3, -0.25) is 0 Å². The molecule has 2 rings (SSSR count). The highest BCUT2D eigenvalue weighted by atomic mass is 127. The van der Waals surface area contributed by atoms with Crippen LogP contribution < -0.4 is 10.1 Å². The Kier molecular flexibility index (Phi) is 2.74. The van der Waals surface area contributed by atoms with Crippen LogP contribution in [0.15, 0.2) is 12.1 Å². The molecule has 1 aliphatic heterocycles. The van der Waals surface area contributed by atoms with Crippen LogP contribution in [0.3, 0.4) is 0 Å². The Bertz CT molecular complexity index is 325. The minimum absolute atomic E-state index is 0.977. The average molecular weight is 289 g/mol. The van der Waals surface area contributed by atoms with Gasteiger partial charge in [-0.2, -0.15) is 0 Å². The molecule has 0 amide bonds. The van der Waals surface area contributed by atoms with Crippen molar-refractivity contribution in [3.8, 4) is 5.75 Å². The zero-order valence-corrected chi connectivity index (χ0v) is 9.72. The molecule has 13 heavy (non-hydrogen) atoms. The molecular formula is C10H12INO. The molecule has 0 saturated heterocycles. The topological polar surface area (TPSA) is 21.3 Å². The Morgan fingerprint density at radius 2 is 2.31 bits per heavy atom. The van der Waals surface area contributed by atoms with Crippen LogP contribution in [0.25, 0.3) is 0 Å². The lowest BCUT2D eigenvalue weighted by molar-refractivity contribution is 0.413. The van der Waals surface area contributed by atoms with Crippen molar-refractivity contribution in [1.29, 1.82) is 0 Å². The van der Waals surface area contributed by atoms with Crippen LogP contribution in [0, 0.1) is 3.57 Å². The second-order valence-corrected chi connectivity index (χ2v) is 4.34. The SMILES string of the molecule is COc1cc(I)c2c(c1)CCNC2. The van der Waals surface area contributed by atoms with Crippen molar-refractivity contribution in [2.45, 2.75) is 13.0 Å². The summed E-state index contributed by atoms with van der Waals surface area (Å²) in [6, 6.07) is 4.24. The van der Waals surface area contributed by atoms with Gasteiger partial charge in [0, 0.05) is 10.1 Å². The number of halogens is 1. The zero-order chi connectivity index (χ0) is 9.26. The van der Waals surface area contributed by atoms with E-state index in [0.717, 1.165) is 25.3 Å². The number of fused-ring (bicyclic) bond motifs is 1. The number of nitrogens with one attached hydrogen (secondary N) is 1. The Balaban J connectivity index is 2.47. The summed E-state index contributed by atoms with van der Waals surface area (Å²) < 4.78 is 6.54. The van der Waals surface area contributed by atoms with Gasteiger partial charge in [0.05, 0.1) is 7.11 Å². The van der Waals surface area contributed by atoms with E-state index < -0.39 is 0 Å². The number of rotatable bonds is 1. The maximum Gasteiger partial charge on any atom is 0.120 e. The first-order chi connectivity index (χ1) is 6.31. The molecule has 3 heteroatoms. The number of methoxy groups -OCH3 is 1. The van der Waals surface area contributed by atoms with Crippen molar-refractivity contribution in [3.63, 3.8) is 0 Å². The molecule has 0 saturated carbocycles. The standard InChI is InChI=1S/C10H12INO/c1-13-8-4-7-2-3-12-6-9(7)10(11)5-8/h4-5,12H,2-3,6H2,1H3. The number of hydrogen-bond donors (Lipinski definition) is 1. The molecule has 0 fully saturated rings. The maximum absolute atomic E-state index is 5.24. The second-order valence-electron chi connectivity index (χ2n) is 3.17. The molecule has 0 unspecified atom stereocenters. The molecule has 70 valence electrons. The van der Waals surface area contributed by atoms with E-state index in [4.69, 9.17) is 4.74 Å². The third kappa shape index (κ3) is 1.81. The molecule has 0 aliphatic carbocycles. The van der Waals surface area contributed by atoms with E-state index >= 15 is 0 Å². The molecule has 0 radical (unpaired) electrons. The van der Waals surface area contributed by atoms with Crippen LogP contribution in [0.2, 0.25) is 0 Å². The quantitative estimate of drug-likeness (QED) is 0.798. The van der Waals surface area contributed by atoms with Gasteiger partial charge in [-0.05, 0) is 58.8 Å². The highest BCUT2D eigenvalue weighted by Gasteiger charge is 2.12. The zero-order valence-electron chi connectivity index (χ0n) is 7.56. The summed E-state index contributed by atoms with van der Waals surface area (Å²) in [7, 11) is 1.72. The van der Waals surface area contributed by atoms with Gasteiger partial charge < -0.3 is 10.1 Å². The predicted octanol–water partition coefficient (Wildman–Crippen LogP) is 1.95. The fourth-order valence-electron chi connectivity index (χ4n) is 1.64. The summed E-state index contributed by atoms with van der Waals surface area (Å²) in [4.78, 5) is 0. The first kappa shape index (κ1) is 9.27. The maximum atomic E-state index is 5.24. The van der Waals surface area contributed by atoms with Crippen molar-refractivity contribution in [2.24, 2.45) is 0 Å². The van der Waals surface area contributed by atoms with E-state index in [1.165, 1.54) is 14.7 Å². The Morgan fingerprint density at radius 1 is 1.46 bits per heavy atom. The number of hydrogen-bond acceptors (Lipinski definition) is 2. The van der Waals surface area contributed by atoms with Crippen molar-refractivity contribution >= 4 is 22.6 Å². The van der Waals surface area contributed by atoms with Crippen molar-refractivity contribution in [1.82, 2.24) is 5.32 Å². The predicted molar refractivity (Wildman–Crippen MR) is 61.1 cm³/mol. The minimum Gasteiger partial charge on any atom is -0.497 e. The summed E-state index contributed by atoms with van der Waals surface area (Å²) in [6.07, 6.45) is 1.11. The number of ether oxygens (including phenoxy) is 1. The van der Waals surface area contributed by atoms with Crippen LogP contribution in [0.4, 0.5) is 0 Å². The smallest absolute Gasteiger partial charge is 0.120 e. The Morgan fingerprint density at radius 3 is 3.08 bits per heavy atom. The van der Waals surface area contributed by atoms with Gasteiger partial charge in [-0.1, -0.05) is 0 Å². The largest absolute Gasteiger partial charge is 0.497 e. The van der Waals surface area contributed by atoms with Crippen LogP contribution in [-0.2, 0) is 13.0 Å². The molecule has 1 aromatic carbocycles. The Labute approximate surface area is 91.8 Å². The molecule has 1 aromatic rings. The van der Waals surface area contributed by atoms with Crippen molar-refractivity contribution < 1.29 is 4.74 Å². The normalized spacial score (nSPS) is 15.2. The minimum atomic E-state index is 0.977. The fourth-order valence-corrected chi connectivity index (χ4v) is 2.49. The molecule has 2 nitrogen and oxygen atoms in total. The fraction of sp³-hybridized carbons (Fsp3) is 0.400. The summed E-state index contributed by atoms with van der Waals surface area (Å²) in [6.45, 7) is 2.08. The van der Waals surface area contributed by atoms with E-state index in [-0.39, 0.29) is 0 Å². The molecule has 0 atom stereocenters. The highest BCUT2D eigenvalue weighted by Crippen LogP contribution is 2.26. The van der Waals surface area contributed by atoms with Gasteiger partial charge in [0.15, 0.2) is 0 Å². The molecule has 0 spiro atoms. The summed E-state index contributed by atoms with van der Waals surface area (Å²) in [5, 5.41) is 3.37. The number of benzene rings is 1. The lowest BCUT2D eigenvalue weighted by atomic mass is 10.0. The second kappa shape index (κ2) is 3.84. The van der Waals surface area contributed by atoms with E-state index in [1.54, 1.807) is 7.11 Å². The average Bonchev–Trinajstić information content (AvgIpc) is 2.18. The third-order valence-corrected chi connectivity index (χ3v) is 3.33. The molecule has 1 heterocycles. The summed E-state index contributed by atoms with van der Waals surface area (Å²) in [5.74, 6) is 0.977. The van der Waals surface area contributed by atoms with Gasteiger partial charge in [0.1, 0.15) is 5.75 Å². The molecule has 0 aromatic heterocycles. The van der Waals surface area contributed by atoms with Crippen molar-refractivity contribution in [2.75, 3.05) is 13.7 Å². The third-order valence-electron chi connectivity index (χ3n) is 2.37. The Hall–Kier alpha value is -0.290. The highest BCUT2D eigenvalue weighted by molar-refractivity contribution is 14.1. The van der Waals surface area contributed by atoms with E-state index in [9.17, 15) is 0 Å². The summed E-state index contributed by atoms with van der Waals surface area (Å²) >= 11 is 2.37. The molecule has 1 N–H and O–H groups in total. The van der Waals surface area contributed by atoms with Crippen LogP contribution in [0.1, 0.15) is 11.1 Å². The van der Waals surface area contributed by atoms with E-state index in [0.29, 0.717) is 0 Å². The van der Waals surface area contributed by atoms with Crippen molar-refractivity contribution in [3.05, 3.63) is 26.8 Å². The van der Waals surface area contributed by atoms with Crippen LogP contribution in [-0.4, -0.2) is 13.7 Å². The van der Waals surface area contributed by atoms with Crippen LogP contribution >= 0.6 is 22.6 Å². The monoisotopic (exact) mass is 289 g/mol. The van der Waals surface area contributed by atoms with Gasteiger partial charge in [-0.15, -0.1) is 0 Å². The molecule has 1 aliphatic rings. The van der Waals surface area contributed by atoms with Gasteiger partial charge in [-0.25, -0.2) is 0 Å². The lowest BCUT2D eigenvalue weighted by Gasteiger charge is -2.19. The first-order valence-corrected chi connectivity index (χ1v) is 5.45. The van der Waals surface area contributed by atoms with Gasteiger partial charge >= 0.3 is 0 Å². The van der Waals surface area contributed by atoms with Gasteiger partial charge in [0.25, 0.3) is 0 Å². The molecular weight excluding hydrogens is 277 g/mol.